The lowest BCUT2D eigenvalue weighted by molar-refractivity contribution is 0.0992. The summed E-state index contributed by atoms with van der Waals surface area (Å²) >= 11 is 3.23. The maximum Gasteiger partial charge on any atom is 0.260 e. The summed E-state index contributed by atoms with van der Waals surface area (Å²) in [5.74, 6) is -0.538. The first-order valence-electron chi connectivity index (χ1n) is 5.24. The molecule has 0 saturated carbocycles. The summed E-state index contributed by atoms with van der Waals surface area (Å²) in [7, 11) is 1.63. The van der Waals surface area contributed by atoms with Crippen LogP contribution < -0.4 is 4.90 Å². The Morgan fingerprint density at radius 3 is 2.56 bits per heavy atom. The third-order valence-corrected chi connectivity index (χ3v) is 3.14. The standard InChI is InChI=1S/C13H10BrFN2O/c1-17(10-6-4-9(15)5-7-10)13(18)11-3-2-8-16-12(11)14/h2-8H,1H3. The molecule has 2 rings (SSSR count). The molecule has 0 fully saturated rings. The van der Waals surface area contributed by atoms with E-state index < -0.39 is 0 Å². The second kappa shape index (κ2) is 5.27. The van der Waals surface area contributed by atoms with Gasteiger partial charge in [0.15, 0.2) is 0 Å². The third kappa shape index (κ3) is 2.56. The van der Waals surface area contributed by atoms with E-state index in [4.69, 9.17) is 0 Å². The van der Waals surface area contributed by atoms with E-state index in [1.165, 1.54) is 17.0 Å². The highest BCUT2D eigenvalue weighted by Gasteiger charge is 2.16. The molecule has 0 unspecified atom stereocenters. The van der Waals surface area contributed by atoms with Crippen LogP contribution in [0.4, 0.5) is 10.1 Å². The molecule has 1 heterocycles. The first-order valence-corrected chi connectivity index (χ1v) is 6.03. The molecule has 0 aliphatic rings. The van der Waals surface area contributed by atoms with Gasteiger partial charge in [-0.2, -0.15) is 0 Å². The zero-order chi connectivity index (χ0) is 13.1. The van der Waals surface area contributed by atoms with Crippen LogP contribution in [-0.4, -0.2) is 17.9 Å². The second-order valence-corrected chi connectivity index (χ2v) is 4.43. The Kier molecular flexibility index (Phi) is 3.72. The van der Waals surface area contributed by atoms with Gasteiger partial charge in [0.25, 0.3) is 5.91 Å². The number of carbonyl (C=O) groups is 1. The molecule has 0 N–H and O–H groups in total. The van der Waals surface area contributed by atoms with Crippen LogP contribution in [0.5, 0.6) is 0 Å². The smallest absolute Gasteiger partial charge is 0.260 e. The van der Waals surface area contributed by atoms with Gasteiger partial charge in [-0.05, 0) is 52.3 Å². The van der Waals surface area contributed by atoms with Crippen molar-refractivity contribution >= 4 is 27.5 Å². The summed E-state index contributed by atoms with van der Waals surface area (Å²) < 4.78 is 13.3. The van der Waals surface area contributed by atoms with Crippen molar-refractivity contribution in [1.29, 1.82) is 0 Å². The average Bonchev–Trinajstić information content (AvgIpc) is 2.38. The second-order valence-electron chi connectivity index (χ2n) is 3.68. The van der Waals surface area contributed by atoms with Crippen LogP contribution in [0.15, 0.2) is 47.2 Å². The van der Waals surface area contributed by atoms with E-state index in [0.29, 0.717) is 15.9 Å². The average molecular weight is 309 g/mol. The van der Waals surface area contributed by atoms with Crippen molar-refractivity contribution < 1.29 is 9.18 Å². The molecule has 5 heteroatoms. The molecule has 92 valence electrons. The van der Waals surface area contributed by atoms with Gasteiger partial charge in [0.2, 0.25) is 0 Å². The summed E-state index contributed by atoms with van der Waals surface area (Å²) in [4.78, 5) is 17.7. The van der Waals surface area contributed by atoms with Crippen LogP contribution in [0.3, 0.4) is 0 Å². The van der Waals surface area contributed by atoms with Gasteiger partial charge in [-0.1, -0.05) is 0 Å². The van der Waals surface area contributed by atoms with E-state index in [-0.39, 0.29) is 11.7 Å². The Balaban J connectivity index is 2.29. The SMILES string of the molecule is CN(C(=O)c1cccnc1Br)c1ccc(F)cc1. The van der Waals surface area contributed by atoms with Crippen molar-refractivity contribution in [2.45, 2.75) is 0 Å². The Hall–Kier alpha value is -1.75. The molecule has 1 aromatic heterocycles. The van der Waals surface area contributed by atoms with Crippen LogP contribution in [0.25, 0.3) is 0 Å². The van der Waals surface area contributed by atoms with Gasteiger partial charge < -0.3 is 4.90 Å². The number of nitrogens with zero attached hydrogens (tertiary/aromatic N) is 2. The maximum atomic E-state index is 12.8. The summed E-state index contributed by atoms with van der Waals surface area (Å²) in [6, 6.07) is 9.11. The summed E-state index contributed by atoms with van der Waals surface area (Å²) in [5.41, 5.74) is 1.08. The van der Waals surface area contributed by atoms with Crippen molar-refractivity contribution in [3.8, 4) is 0 Å². The monoisotopic (exact) mass is 308 g/mol. The molecule has 0 aliphatic carbocycles. The van der Waals surface area contributed by atoms with Crippen molar-refractivity contribution in [3.63, 3.8) is 0 Å². The fourth-order valence-electron chi connectivity index (χ4n) is 1.51. The predicted molar refractivity (Wildman–Crippen MR) is 71.1 cm³/mol. The van der Waals surface area contributed by atoms with Gasteiger partial charge in [0.05, 0.1) is 5.56 Å². The van der Waals surface area contributed by atoms with Gasteiger partial charge in [0, 0.05) is 18.9 Å². The minimum Gasteiger partial charge on any atom is -0.311 e. The van der Waals surface area contributed by atoms with Gasteiger partial charge in [-0.15, -0.1) is 0 Å². The first-order chi connectivity index (χ1) is 8.59. The highest BCUT2D eigenvalue weighted by atomic mass is 79.9. The molecule has 1 aromatic carbocycles. The molecule has 0 atom stereocenters. The highest BCUT2D eigenvalue weighted by molar-refractivity contribution is 9.10. The minimum absolute atomic E-state index is 0.207. The van der Waals surface area contributed by atoms with Gasteiger partial charge >= 0.3 is 0 Å². The number of pyridine rings is 1. The summed E-state index contributed by atoms with van der Waals surface area (Å²) in [6.07, 6.45) is 1.60. The van der Waals surface area contributed by atoms with E-state index >= 15 is 0 Å². The number of aromatic nitrogens is 1. The molecule has 0 spiro atoms. The fourth-order valence-corrected chi connectivity index (χ4v) is 1.93. The van der Waals surface area contributed by atoms with Crippen molar-refractivity contribution in [3.05, 3.63) is 58.6 Å². The zero-order valence-corrected chi connectivity index (χ0v) is 11.2. The topological polar surface area (TPSA) is 33.2 Å². The van der Waals surface area contributed by atoms with Crippen molar-refractivity contribution in [2.75, 3.05) is 11.9 Å². The molecular weight excluding hydrogens is 299 g/mol. The summed E-state index contributed by atoms with van der Waals surface area (Å²) in [5, 5.41) is 0. The number of benzene rings is 1. The number of amides is 1. The van der Waals surface area contributed by atoms with E-state index in [2.05, 4.69) is 20.9 Å². The third-order valence-electron chi connectivity index (χ3n) is 2.51. The predicted octanol–water partition coefficient (Wildman–Crippen LogP) is 3.26. The Labute approximate surface area is 112 Å². The molecule has 0 aliphatic heterocycles. The lowest BCUT2D eigenvalue weighted by Gasteiger charge is -2.17. The lowest BCUT2D eigenvalue weighted by Crippen LogP contribution is -2.26. The van der Waals surface area contributed by atoms with Crippen LogP contribution in [0, 0.1) is 5.82 Å². The molecule has 1 amide bonds. The first kappa shape index (κ1) is 12.7. The molecule has 18 heavy (non-hydrogen) atoms. The Bertz CT molecular complexity index is 571. The van der Waals surface area contributed by atoms with E-state index in [1.54, 1.807) is 37.5 Å². The highest BCUT2D eigenvalue weighted by Crippen LogP contribution is 2.19. The van der Waals surface area contributed by atoms with Gasteiger partial charge in [0.1, 0.15) is 10.4 Å². The number of carbonyl (C=O) groups excluding carboxylic acids is 1. The quantitative estimate of drug-likeness (QED) is 0.798. The van der Waals surface area contributed by atoms with E-state index in [0.717, 1.165) is 0 Å². The Morgan fingerprint density at radius 1 is 1.28 bits per heavy atom. The van der Waals surface area contributed by atoms with Crippen molar-refractivity contribution in [1.82, 2.24) is 4.98 Å². The van der Waals surface area contributed by atoms with Gasteiger partial charge in [-0.25, -0.2) is 9.37 Å². The molecule has 0 bridgehead atoms. The number of hydrogen-bond donors (Lipinski definition) is 0. The minimum atomic E-state index is -0.331. The molecule has 0 radical (unpaired) electrons. The lowest BCUT2D eigenvalue weighted by atomic mass is 10.2. The maximum absolute atomic E-state index is 12.8. The molecule has 0 saturated heterocycles. The van der Waals surface area contributed by atoms with Crippen LogP contribution in [0.1, 0.15) is 10.4 Å². The van der Waals surface area contributed by atoms with Crippen LogP contribution >= 0.6 is 15.9 Å². The number of anilines is 1. The largest absolute Gasteiger partial charge is 0.311 e. The summed E-state index contributed by atoms with van der Waals surface area (Å²) in [6.45, 7) is 0. The van der Waals surface area contributed by atoms with E-state index in [9.17, 15) is 9.18 Å². The number of rotatable bonds is 2. The van der Waals surface area contributed by atoms with Crippen LogP contribution in [-0.2, 0) is 0 Å². The molecular formula is C13H10BrFN2O. The van der Waals surface area contributed by atoms with Gasteiger partial charge in [-0.3, -0.25) is 4.79 Å². The Morgan fingerprint density at radius 2 is 1.94 bits per heavy atom. The molecule has 3 nitrogen and oxygen atoms in total. The van der Waals surface area contributed by atoms with Crippen LogP contribution in [0.2, 0.25) is 0 Å². The number of halogens is 2. The molecule has 2 aromatic rings. The normalized spacial score (nSPS) is 10.2. The van der Waals surface area contributed by atoms with E-state index in [1.807, 2.05) is 0 Å². The number of hydrogen-bond acceptors (Lipinski definition) is 2. The fraction of sp³-hybridized carbons (Fsp3) is 0.0769. The zero-order valence-electron chi connectivity index (χ0n) is 9.60. The van der Waals surface area contributed by atoms with Crippen molar-refractivity contribution in [2.24, 2.45) is 0 Å².